The van der Waals surface area contributed by atoms with Crippen LogP contribution in [0.25, 0.3) is 0 Å². The van der Waals surface area contributed by atoms with Crippen LogP contribution in [-0.2, 0) is 16.6 Å². The molecule has 1 aromatic rings. The SMILES string of the molecule is O=S(=O)(NC1CNc2ccccc2C1)N1CCCCCC1. The van der Waals surface area contributed by atoms with E-state index in [2.05, 4.69) is 16.1 Å². The number of anilines is 1. The van der Waals surface area contributed by atoms with Gasteiger partial charge in [-0.05, 0) is 30.9 Å². The Bertz CT molecular complexity index is 580. The van der Waals surface area contributed by atoms with Crippen LogP contribution in [0.2, 0.25) is 0 Å². The van der Waals surface area contributed by atoms with Gasteiger partial charge in [0.2, 0.25) is 0 Å². The van der Waals surface area contributed by atoms with Crippen molar-refractivity contribution < 1.29 is 8.42 Å². The van der Waals surface area contributed by atoms with E-state index in [0.29, 0.717) is 19.6 Å². The molecule has 2 N–H and O–H groups in total. The van der Waals surface area contributed by atoms with Crippen molar-refractivity contribution in [2.45, 2.75) is 38.1 Å². The van der Waals surface area contributed by atoms with Gasteiger partial charge in [0.15, 0.2) is 0 Å². The zero-order valence-corrected chi connectivity index (χ0v) is 13.0. The lowest BCUT2D eigenvalue weighted by atomic mass is 10.0. The number of nitrogens with one attached hydrogen (secondary N) is 2. The van der Waals surface area contributed by atoms with Gasteiger partial charge >= 0.3 is 0 Å². The van der Waals surface area contributed by atoms with Gasteiger partial charge in [-0.1, -0.05) is 31.0 Å². The van der Waals surface area contributed by atoms with Gasteiger partial charge in [0.05, 0.1) is 0 Å². The third-order valence-corrected chi connectivity index (χ3v) is 5.92. The summed E-state index contributed by atoms with van der Waals surface area (Å²) in [5.74, 6) is 0. The van der Waals surface area contributed by atoms with E-state index in [1.165, 1.54) is 5.56 Å². The number of hydrogen-bond donors (Lipinski definition) is 2. The predicted molar refractivity (Wildman–Crippen MR) is 84.5 cm³/mol. The van der Waals surface area contributed by atoms with Crippen molar-refractivity contribution in [3.05, 3.63) is 29.8 Å². The van der Waals surface area contributed by atoms with Crippen molar-refractivity contribution in [1.82, 2.24) is 9.03 Å². The Morgan fingerprint density at radius 1 is 1.10 bits per heavy atom. The minimum atomic E-state index is -3.37. The Kier molecular flexibility index (Phi) is 4.47. The maximum Gasteiger partial charge on any atom is 0.279 e. The van der Waals surface area contributed by atoms with Crippen molar-refractivity contribution in [2.75, 3.05) is 25.0 Å². The van der Waals surface area contributed by atoms with Gasteiger partial charge in [0.25, 0.3) is 10.2 Å². The molecule has 116 valence electrons. The van der Waals surface area contributed by atoms with Crippen LogP contribution < -0.4 is 10.0 Å². The molecule has 21 heavy (non-hydrogen) atoms. The lowest BCUT2D eigenvalue weighted by Crippen LogP contribution is -2.49. The average Bonchev–Trinajstić information content (AvgIpc) is 2.76. The molecule has 6 heteroatoms. The summed E-state index contributed by atoms with van der Waals surface area (Å²) in [5, 5.41) is 3.31. The number of para-hydroxylation sites is 1. The topological polar surface area (TPSA) is 61.4 Å². The number of nitrogens with zero attached hydrogens (tertiary/aromatic N) is 1. The third-order valence-electron chi connectivity index (χ3n) is 4.24. The van der Waals surface area contributed by atoms with Crippen LogP contribution in [0.5, 0.6) is 0 Å². The normalized spacial score (nSPS) is 23.9. The lowest BCUT2D eigenvalue weighted by molar-refractivity contribution is 0.407. The molecule has 2 heterocycles. The lowest BCUT2D eigenvalue weighted by Gasteiger charge is -2.29. The first-order valence-corrected chi connectivity index (χ1v) is 9.18. The molecule has 0 bridgehead atoms. The highest BCUT2D eigenvalue weighted by atomic mass is 32.2. The molecule has 0 radical (unpaired) electrons. The molecule has 1 fully saturated rings. The van der Waals surface area contributed by atoms with E-state index < -0.39 is 10.2 Å². The van der Waals surface area contributed by atoms with E-state index in [1.807, 2.05) is 18.2 Å². The Morgan fingerprint density at radius 2 is 1.81 bits per heavy atom. The quantitative estimate of drug-likeness (QED) is 0.894. The van der Waals surface area contributed by atoms with Gasteiger partial charge in [-0.2, -0.15) is 17.4 Å². The van der Waals surface area contributed by atoms with Gasteiger partial charge < -0.3 is 5.32 Å². The Hall–Kier alpha value is -1.11. The Labute approximate surface area is 126 Å². The first-order chi connectivity index (χ1) is 10.1. The third kappa shape index (κ3) is 3.56. The van der Waals surface area contributed by atoms with E-state index >= 15 is 0 Å². The smallest absolute Gasteiger partial charge is 0.279 e. The van der Waals surface area contributed by atoms with Crippen LogP contribution in [0.1, 0.15) is 31.2 Å². The summed E-state index contributed by atoms with van der Waals surface area (Å²) in [7, 11) is -3.37. The van der Waals surface area contributed by atoms with E-state index in [-0.39, 0.29) is 6.04 Å². The van der Waals surface area contributed by atoms with Crippen molar-refractivity contribution >= 4 is 15.9 Å². The summed E-state index contributed by atoms with van der Waals surface area (Å²) in [6.07, 6.45) is 4.93. The Morgan fingerprint density at radius 3 is 2.57 bits per heavy atom. The van der Waals surface area contributed by atoms with Crippen molar-refractivity contribution in [2.24, 2.45) is 0 Å². The molecule has 5 nitrogen and oxygen atoms in total. The molecule has 0 aromatic heterocycles. The molecule has 2 aliphatic rings. The molecule has 3 rings (SSSR count). The highest BCUT2D eigenvalue weighted by Crippen LogP contribution is 2.22. The minimum Gasteiger partial charge on any atom is -0.383 e. The van der Waals surface area contributed by atoms with Gasteiger partial charge in [-0.25, -0.2) is 0 Å². The number of rotatable bonds is 3. The highest BCUT2D eigenvalue weighted by molar-refractivity contribution is 7.87. The maximum absolute atomic E-state index is 12.5. The molecule has 1 atom stereocenters. The molecule has 0 spiro atoms. The summed E-state index contributed by atoms with van der Waals surface area (Å²) >= 11 is 0. The summed E-state index contributed by atoms with van der Waals surface area (Å²) in [5.41, 5.74) is 2.29. The molecule has 1 aromatic carbocycles. The van der Waals surface area contributed by atoms with Crippen molar-refractivity contribution in [3.63, 3.8) is 0 Å². The predicted octanol–water partition coefficient (Wildman–Crippen LogP) is 1.73. The first-order valence-electron chi connectivity index (χ1n) is 7.74. The zero-order valence-electron chi connectivity index (χ0n) is 12.2. The standard InChI is InChI=1S/C15H23N3O2S/c19-21(20,18-9-5-1-2-6-10-18)17-14-11-13-7-3-4-8-15(13)16-12-14/h3-4,7-8,14,16-17H,1-2,5-6,9-12H2. The summed E-state index contributed by atoms with van der Waals surface area (Å²) in [4.78, 5) is 0. The van der Waals surface area contributed by atoms with Crippen LogP contribution in [0.15, 0.2) is 24.3 Å². The molecule has 0 saturated carbocycles. The van der Waals surface area contributed by atoms with Gasteiger partial charge in [0, 0.05) is 31.4 Å². The van der Waals surface area contributed by atoms with Gasteiger partial charge in [0.1, 0.15) is 0 Å². The molecule has 0 aliphatic carbocycles. The van der Waals surface area contributed by atoms with E-state index in [9.17, 15) is 8.42 Å². The van der Waals surface area contributed by atoms with Crippen molar-refractivity contribution in [1.29, 1.82) is 0 Å². The Balaban J connectivity index is 1.66. The fourth-order valence-electron chi connectivity index (χ4n) is 3.09. The molecular weight excluding hydrogens is 286 g/mol. The van der Waals surface area contributed by atoms with E-state index in [1.54, 1.807) is 4.31 Å². The number of hydrogen-bond acceptors (Lipinski definition) is 3. The van der Waals surface area contributed by atoms with Crippen LogP contribution in [0, 0.1) is 0 Å². The monoisotopic (exact) mass is 309 g/mol. The van der Waals surface area contributed by atoms with Gasteiger partial charge in [-0.3, -0.25) is 0 Å². The minimum absolute atomic E-state index is 0.0758. The first kappa shape index (κ1) is 14.8. The van der Waals surface area contributed by atoms with Crippen molar-refractivity contribution in [3.8, 4) is 0 Å². The second-order valence-corrected chi connectivity index (χ2v) is 7.58. The van der Waals surface area contributed by atoms with Crippen LogP contribution in [0.4, 0.5) is 5.69 Å². The van der Waals surface area contributed by atoms with Crippen LogP contribution in [-0.4, -0.2) is 38.4 Å². The summed E-state index contributed by atoms with van der Waals surface area (Å²) in [6.45, 7) is 1.93. The molecular formula is C15H23N3O2S. The zero-order chi connectivity index (χ0) is 14.7. The molecule has 1 unspecified atom stereocenters. The molecule has 0 amide bonds. The maximum atomic E-state index is 12.5. The molecule has 2 aliphatic heterocycles. The van der Waals surface area contributed by atoms with Crippen LogP contribution in [0.3, 0.4) is 0 Å². The van der Waals surface area contributed by atoms with E-state index in [4.69, 9.17) is 0 Å². The molecule has 1 saturated heterocycles. The largest absolute Gasteiger partial charge is 0.383 e. The summed E-state index contributed by atoms with van der Waals surface area (Å²) in [6, 6.07) is 8.00. The second-order valence-electron chi connectivity index (χ2n) is 5.88. The summed E-state index contributed by atoms with van der Waals surface area (Å²) < 4.78 is 29.5. The average molecular weight is 309 g/mol. The number of benzene rings is 1. The fourth-order valence-corrected chi connectivity index (χ4v) is 4.57. The van der Waals surface area contributed by atoms with E-state index in [0.717, 1.165) is 37.8 Å². The fraction of sp³-hybridized carbons (Fsp3) is 0.600. The second kappa shape index (κ2) is 6.34. The van der Waals surface area contributed by atoms with Crippen LogP contribution >= 0.6 is 0 Å². The van der Waals surface area contributed by atoms with Gasteiger partial charge in [-0.15, -0.1) is 0 Å². The number of fused-ring (bicyclic) bond motifs is 1. The highest BCUT2D eigenvalue weighted by Gasteiger charge is 2.27.